The van der Waals surface area contributed by atoms with E-state index in [1.165, 1.54) is 25.7 Å². The molecule has 1 saturated heterocycles. The molecule has 2 aliphatic rings. The number of aliphatic imine (C=N–C) groups is 1. The Labute approximate surface area is 177 Å². The van der Waals surface area contributed by atoms with Crippen LogP contribution in [0.1, 0.15) is 44.6 Å². The van der Waals surface area contributed by atoms with Crippen LogP contribution in [0.4, 0.5) is 5.82 Å². The van der Waals surface area contributed by atoms with E-state index in [0.717, 1.165) is 29.7 Å². The van der Waals surface area contributed by atoms with Crippen LogP contribution < -0.4 is 10.2 Å². The van der Waals surface area contributed by atoms with Crippen molar-refractivity contribution in [3.63, 3.8) is 0 Å². The maximum absolute atomic E-state index is 10.1. The maximum atomic E-state index is 10.1. The van der Waals surface area contributed by atoms with E-state index in [2.05, 4.69) is 15.2 Å². The number of aromatic nitrogens is 1. The van der Waals surface area contributed by atoms with Crippen LogP contribution in [0, 0.1) is 11.3 Å². The Morgan fingerprint density at radius 1 is 1.30 bits per heavy atom. The smallest absolute Gasteiger partial charge is 0.369 e. The van der Waals surface area contributed by atoms with Crippen LogP contribution in [0.3, 0.4) is 0 Å². The van der Waals surface area contributed by atoms with Gasteiger partial charge >= 0.3 is 5.90 Å². The summed E-state index contributed by atoms with van der Waals surface area (Å²) in [6.07, 6.45) is 5.99. The van der Waals surface area contributed by atoms with E-state index in [9.17, 15) is 5.11 Å². The number of rotatable bonds is 5. The third-order valence-electron chi connectivity index (χ3n) is 6.31. The van der Waals surface area contributed by atoms with Gasteiger partial charge in [0.15, 0.2) is 0 Å². The predicted octanol–water partition coefficient (Wildman–Crippen LogP) is 2.42. The van der Waals surface area contributed by atoms with Crippen LogP contribution in [-0.2, 0) is 0 Å². The summed E-state index contributed by atoms with van der Waals surface area (Å²) in [7, 11) is 0. The monoisotopic (exact) mass is 410 g/mol. The predicted molar refractivity (Wildman–Crippen MR) is 122 cm³/mol. The molecule has 1 saturated carbocycles. The lowest BCUT2D eigenvalue weighted by Crippen LogP contribution is -2.53. The fourth-order valence-electron chi connectivity index (χ4n) is 4.77. The minimum Gasteiger partial charge on any atom is -0.578 e. The van der Waals surface area contributed by atoms with Gasteiger partial charge in [-0.3, -0.25) is 5.41 Å². The number of hydrogen-bond donors (Lipinski definition) is 3. The molecule has 0 spiro atoms. The van der Waals surface area contributed by atoms with Gasteiger partial charge in [0.2, 0.25) is 0 Å². The highest BCUT2D eigenvalue weighted by Crippen LogP contribution is 2.29. The first-order valence-electron chi connectivity index (χ1n) is 10.9. The number of para-hydroxylation sites is 1. The van der Waals surface area contributed by atoms with Gasteiger partial charge in [0, 0.05) is 43.1 Å². The van der Waals surface area contributed by atoms with Gasteiger partial charge < -0.3 is 20.4 Å². The molecule has 0 amide bonds. The Balaban J connectivity index is 1.63. The van der Waals surface area contributed by atoms with Crippen molar-refractivity contribution < 1.29 is 10.2 Å². The zero-order chi connectivity index (χ0) is 21.1. The van der Waals surface area contributed by atoms with Crippen molar-refractivity contribution in [3.8, 4) is 0 Å². The number of benzene rings is 1. The van der Waals surface area contributed by atoms with E-state index >= 15 is 0 Å². The number of amidine groups is 1. The zero-order valence-corrected chi connectivity index (χ0v) is 17.6. The molecule has 1 aromatic carbocycles. The molecule has 1 aliphatic carbocycles. The molecule has 4 rings (SSSR count). The number of pyridine rings is 1. The van der Waals surface area contributed by atoms with Gasteiger partial charge in [-0.2, -0.15) is 4.99 Å². The van der Waals surface area contributed by atoms with Crippen LogP contribution in [0.5, 0.6) is 0 Å². The van der Waals surface area contributed by atoms with E-state index in [0.29, 0.717) is 24.2 Å². The van der Waals surface area contributed by atoms with Gasteiger partial charge in [0.25, 0.3) is 0 Å². The molecule has 30 heavy (non-hydrogen) atoms. The highest BCUT2D eigenvalue weighted by atomic mass is 16.3. The normalized spacial score (nSPS) is 23.3. The Morgan fingerprint density at radius 3 is 2.80 bits per heavy atom. The first-order chi connectivity index (χ1) is 14.5. The first-order valence-corrected chi connectivity index (χ1v) is 10.9. The maximum Gasteiger partial charge on any atom is 0.369 e. The molecule has 7 heteroatoms. The zero-order valence-electron chi connectivity index (χ0n) is 17.6. The number of anilines is 1. The molecule has 2 fully saturated rings. The molecule has 0 radical (unpaired) electrons. The number of piperidine rings is 1. The van der Waals surface area contributed by atoms with Crippen LogP contribution in [-0.4, -0.2) is 58.7 Å². The highest BCUT2D eigenvalue weighted by molar-refractivity contribution is 6.05. The molecule has 1 aromatic heterocycles. The molecule has 0 bridgehead atoms. The van der Waals surface area contributed by atoms with Crippen molar-refractivity contribution in [3.05, 3.63) is 35.9 Å². The van der Waals surface area contributed by atoms with Crippen molar-refractivity contribution in [2.24, 2.45) is 10.9 Å². The third kappa shape index (κ3) is 4.47. The van der Waals surface area contributed by atoms with Crippen molar-refractivity contribution in [2.45, 2.75) is 51.1 Å². The SMILES string of the molecule is CC(=N)N=C([OH2+])c1cc2ccccc2nc1N1CCC(NC2CCCC2)C(CO)C1. The fraction of sp³-hybridized carbons (Fsp3) is 0.522. The summed E-state index contributed by atoms with van der Waals surface area (Å²) in [6, 6.07) is 10.7. The second-order valence-electron chi connectivity index (χ2n) is 8.53. The quantitative estimate of drug-likeness (QED) is 0.400. The lowest BCUT2D eigenvalue weighted by atomic mass is 9.91. The summed E-state index contributed by atoms with van der Waals surface area (Å²) in [5, 5.41) is 30.9. The summed E-state index contributed by atoms with van der Waals surface area (Å²) in [5.41, 5.74) is 1.52. The van der Waals surface area contributed by atoms with Gasteiger partial charge in [-0.25, -0.2) is 4.98 Å². The minimum absolute atomic E-state index is 0.0579. The summed E-state index contributed by atoms with van der Waals surface area (Å²) in [4.78, 5) is 11.1. The number of aliphatic hydroxyl groups excluding tert-OH is 1. The van der Waals surface area contributed by atoms with Crippen LogP contribution >= 0.6 is 0 Å². The van der Waals surface area contributed by atoms with Crippen LogP contribution in [0.25, 0.3) is 10.9 Å². The van der Waals surface area contributed by atoms with E-state index < -0.39 is 0 Å². The van der Waals surface area contributed by atoms with Crippen LogP contribution in [0.15, 0.2) is 35.3 Å². The first kappa shape index (κ1) is 20.8. The largest absolute Gasteiger partial charge is 0.578 e. The minimum atomic E-state index is 0.0579. The Bertz CT molecular complexity index is 938. The van der Waals surface area contributed by atoms with Crippen LogP contribution in [0.2, 0.25) is 0 Å². The van der Waals surface area contributed by atoms with Gasteiger partial charge in [-0.15, -0.1) is 0 Å². The van der Waals surface area contributed by atoms with Gasteiger partial charge in [0.1, 0.15) is 17.2 Å². The standard InChI is InChI=1S/C23H31N5O2/c1-15(24)25-23(30)19-12-16-6-2-5-9-20(16)27-22(19)28-11-10-21(17(13-28)14-29)26-18-7-3-4-8-18/h2,5-6,9,12,17-18,21,26,29H,3-4,7-8,10-11,13-14H2,1H3,(H2,24,25,30)/p+1. The van der Waals surface area contributed by atoms with Gasteiger partial charge in [0.05, 0.1) is 5.52 Å². The lowest BCUT2D eigenvalue weighted by molar-refractivity contribution is 0.166. The molecule has 160 valence electrons. The molecule has 2 unspecified atom stereocenters. The topological polar surface area (TPSA) is 108 Å². The molecule has 2 heterocycles. The molecule has 2 aromatic rings. The van der Waals surface area contributed by atoms with E-state index in [1.54, 1.807) is 6.92 Å². The number of hydrogen-bond acceptors (Lipinski definition) is 5. The Kier molecular flexibility index (Phi) is 6.29. The average molecular weight is 411 g/mol. The summed E-state index contributed by atoms with van der Waals surface area (Å²) in [6.45, 7) is 3.21. The van der Waals surface area contributed by atoms with E-state index in [1.807, 2.05) is 30.3 Å². The van der Waals surface area contributed by atoms with Crippen molar-refractivity contribution in [1.29, 1.82) is 5.41 Å². The average Bonchev–Trinajstić information content (AvgIpc) is 3.25. The molecular formula is C23H32N5O2+. The van der Waals surface area contributed by atoms with Gasteiger partial charge in [-0.1, -0.05) is 31.0 Å². The lowest BCUT2D eigenvalue weighted by Gasteiger charge is -2.40. The fourth-order valence-corrected chi connectivity index (χ4v) is 4.77. The second-order valence-corrected chi connectivity index (χ2v) is 8.53. The molecular weight excluding hydrogens is 378 g/mol. The summed E-state index contributed by atoms with van der Waals surface area (Å²) < 4.78 is 0. The number of nitrogens with one attached hydrogen (secondary N) is 2. The molecule has 1 aliphatic heterocycles. The van der Waals surface area contributed by atoms with Crippen molar-refractivity contribution in [2.75, 3.05) is 24.6 Å². The Hall–Kier alpha value is -2.51. The van der Waals surface area contributed by atoms with Gasteiger partial charge in [-0.05, 0) is 38.3 Å². The number of nitrogens with zero attached hydrogens (tertiary/aromatic N) is 3. The van der Waals surface area contributed by atoms with E-state index in [-0.39, 0.29) is 24.3 Å². The summed E-state index contributed by atoms with van der Waals surface area (Å²) >= 11 is 0. The second kappa shape index (κ2) is 9.10. The van der Waals surface area contributed by atoms with Crippen molar-refractivity contribution in [1.82, 2.24) is 10.3 Å². The third-order valence-corrected chi connectivity index (χ3v) is 6.31. The Morgan fingerprint density at radius 2 is 2.07 bits per heavy atom. The van der Waals surface area contributed by atoms with E-state index in [4.69, 9.17) is 15.5 Å². The summed E-state index contributed by atoms with van der Waals surface area (Å²) in [5.74, 6) is 1.01. The number of fused-ring (bicyclic) bond motifs is 1. The molecule has 7 nitrogen and oxygen atoms in total. The van der Waals surface area contributed by atoms with Crippen molar-refractivity contribution >= 4 is 28.5 Å². The number of aliphatic hydroxyl groups is 1. The molecule has 2 atom stereocenters. The highest BCUT2D eigenvalue weighted by Gasteiger charge is 2.33. The molecule has 5 N–H and O–H groups in total.